The van der Waals surface area contributed by atoms with Crippen LogP contribution in [0.25, 0.3) is 0 Å². The van der Waals surface area contributed by atoms with Crippen LogP contribution in [0.3, 0.4) is 0 Å². The molecule has 0 radical (unpaired) electrons. The minimum atomic E-state index is -3.58. The highest BCUT2D eigenvalue weighted by Gasteiger charge is 2.26. The highest BCUT2D eigenvalue weighted by Crippen LogP contribution is 2.26. The predicted octanol–water partition coefficient (Wildman–Crippen LogP) is 3.38. The van der Waals surface area contributed by atoms with Crippen LogP contribution in [0.4, 0.5) is 0 Å². The first kappa shape index (κ1) is 23.3. The second-order valence-corrected chi connectivity index (χ2v) is 10.4. The van der Waals surface area contributed by atoms with Crippen LogP contribution in [0.2, 0.25) is 10.0 Å². The van der Waals surface area contributed by atoms with Crippen molar-refractivity contribution in [1.29, 1.82) is 0 Å². The van der Waals surface area contributed by atoms with Crippen molar-refractivity contribution in [1.82, 2.24) is 14.6 Å². The summed E-state index contributed by atoms with van der Waals surface area (Å²) in [5, 5.41) is 4.45. The SMILES string of the molecule is C[C@H](NC(=O)CSc1ccc(S(=O)(=O)N2CCOCC2)cn1)c1ccc(Cl)cc1Cl. The molecule has 1 aliphatic heterocycles. The normalized spacial score (nSPS) is 16.2. The number of morpholine rings is 1. The number of sulfonamides is 1. The van der Waals surface area contributed by atoms with E-state index in [0.29, 0.717) is 41.4 Å². The van der Waals surface area contributed by atoms with Gasteiger partial charge < -0.3 is 10.1 Å². The summed E-state index contributed by atoms with van der Waals surface area (Å²) in [7, 11) is -3.58. The molecule has 1 aromatic heterocycles. The summed E-state index contributed by atoms with van der Waals surface area (Å²) in [5.74, 6) is -0.0525. The molecular formula is C19H21Cl2N3O4S2. The first-order valence-corrected chi connectivity index (χ1v) is 12.4. The number of rotatable bonds is 7. The minimum absolute atomic E-state index is 0.129. The molecule has 0 saturated carbocycles. The lowest BCUT2D eigenvalue weighted by molar-refractivity contribution is -0.119. The minimum Gasteiger partial charge on any atom is -0.379 e. The molecule has 0 bridgehead atoms. The number of nitrogens with zero attached hydrogens (tertiary/aromatic N) is 2. The van der Waals surface area contributed by atoms with E-state index in [-0.39, 0.29) is 22.6 Å². The molecule has 30 heavy (non-hydrogen) atoms. The van der Waals surface area contributed by atoms with Crippen molar-refractivity contribution in [2.45, 2.75) is 22.9 Å². The van der Waals surface area contributed by atoms with Gasteiger partial charge >= 0.3 is 0 Å². The van der Waals surface area contributed by atoms with Crippen LogP contribution in [0, 0.1) is 0 Å². The second kappa shape index (κ2) is 10.3. The van der Waals surface area contributed by atoms with Crippen LogP contribution in [-0.2, 0) is 19.6 Å². The number of hydrogen-bond donors (Lipinski definition) is 1. The van der Waals surface area contributed by atoms with Crippen LogP contribution >= 0.6 is 35.0 Å². The number of halogens is 2. The summed E-state index contributed by atoms with van der Waals surface area (Å²) < 4.78 is 31.8. The molecule has 1 fully saturated rings. The molecule has 1 N–H and O–H groups in total. The molecule has 11 heteroatoms. The second-order valence-electron chi connectivity index (χ2n) is 6.59. The number of benzene rings is 1. The van der Waals surface area contributed by atoms with Gasteiger partial charge in [0.05, 0.1) is 30.0 Å². The summed E-state index contributed by atoms with van der Waals surface area (Å²) in [6.45, 7) is 3.26. The number of amides is 1. The molecule has 2 aromatic rings. The monoisotopic (exact) mass is 489 g/mol. The van der Waals surface area contributed by atoms with Gasteiger partial charge in [0.25, 0.3) is 0 Å². The van der Waals surface area contributed by atoms with Crippen LogP contribution in [0.15, 0.2) is 46.5 Å². The Morgan fingerprint density at radius 1 is 1.27 bits per heavy atom. The van der Waals surface area contributed by atoms with Gasteiger partial charge in [-0.25, -0.2) is 13.4 Å². The van der Waals surface area contributed by atoms with Crippen molar-refractivity contribution in [2.24, 2.45) is 0 Å². The highest BCUT2D eigenvalue weighted by atomic mass is 35.5. The molecule has 7 nitrogen and oxygen atoms in total. The topological polar surface area (TPSA) is 88.6 Å². The predicted molar refractivity (Wildman–Crippen MR) is 118 cm³/mol. The molecule has 0 unspecified atom stereocenters. The van der Waals surface area contributed by atoms with Gasteiger partial charge in [0.1, 0.15) is 4.90 Å². The Labute approximate surface area is 190 Å². The van der Waals surface area contributed by atoms with Gasteiger partial charge in [-0.05, 0) is 36.8 Å². The van der Waals surface area contributed by atoms with Crippen molar-refractivity contribution >= 4 is 50.9 Å². The van der Waals surface area contributed by atoms with Gasteiger partial charge in [0, 0.05) is 29.3 Å². The van der Waals surface area contributed by atoms with Crippen LogP contribution in [0.5, 0.6) is 0 Å². The van der Waals surface area contributed by atoms with E-state index in [4.69, 9.17) is 27.9 Å². The van der Waals surface area contributed by atoms with Crippen LogP contribution in [0.1, 0.15) is 18.5 Å². The Hall–Kier alpha value is -1.36. The number of carbonyl (C=O) groups excluding carboxylic acids is 1. The van der Waals surface area contributed by atoms with Crippen molar-refractivity contribution in [3.63, 3.8) is 0 Å². The summed E-state index contributed by atoms with van der Waals surface area (Å²) in [6.07, 6.45) is 1.32. The quantitative estimate of drug-likeness (QED) is 0.599. The van der Waals surface area contributed by atoms with Crippen molar-refractivity contribution in [3.05, 3.63) is 52.1 Å². The fourth-order valence-corrected chi connectivity index (χ4v) is 5.47. The first-order chi connectivity index (χ1) is 14.3. The van der Waals surface area contributed by atoms with Crippen LogP contribution < -0.4 is 5.32 Å². The molecule has 0 aliphatic carbocycles. The summed E-state index contributed by atoms with van der Waals surface area (Å²) >= 11 is 13.3. The lowest BCUT2D eigenvalue weighted by Crippen LogP contribution is -2.40. The third-order valence-corrected chi connectivity index (χ3v) is 7.86. The molecule has 0 spiro atoms. The average Bonchev–Trinajstić information content (AvgIpc) is 2.73. The maximum Gasteiger partial charge on any atom is 0.244 e. The standard InChI is InChI=1S/C19H21Cl2N3O4S2/c1-13(16-4-2-14(20)10-17(16)21)23-18(25)12-29-19-5-3-15(11-22-19)30(26,27)24-6-8-28-9-7-24/h2-5,10-11,13H,6-9,12H2,1H3,(H,23,25)/t13-/m0/s1. The van der Waals surface area contributed by atoms with Gasteiger partial charge in [-0.1, -0.05) is 41.0 Å². The van der Waals surface area contributed by atoms with E-state index < -0.39 is 10.0 Å². The number of ether oxygens (including phenoxy) is 1. The van der Waals surface area contributed by atoms with Gasteiger partial charge in [-0.15, -0.1) is 0 Å². The Morgan fingerprint density at radius 3 is 2.63 bits per heavy atom. The number of hydrogen-bond acceptors (Lipinski definition) is 6. The fourth-order valence-electron chi connectivity index (χ4n) is 2.89. The molecule has 162 valence electrons. The van der Waals surface area contributed by atoms with E-state index in [0.717, 1.165) is 5.56 Å². The van der Waals surface area contributed by atoms with Crippen molar-refractivity contribution in [3.8, 4) is 0 Å². The third-order valence-electron chi connectivity index (χ3n) is 4.47. The first-order valence-electron chi connectivity index (χ1n) is 9.18. The lowest BCUT2D eigenvalue weighted by atomic mass is 10.1. The molecule has 3 rings (SSSR count). The maximum absolute atomic E-state index is 12.6. The zero-order valence-corrected chi connectivity index (χ0v) is 19.3. The smallest absolute Gasteiger partial charge is 0.244 e. The Bertz CT molecular complexity index is 997. The molecule has 2 heterocycles. The molecule has 1 atom stereocenters. The average molecular weight is 490 g/mol. The van der Waals surface area contributed by atoms with Gasteiger partial charge in [-0.2, -0.15) is 4.31 Å². The Morgan fingerprint density at radius 2 is 2.00 bits per heavy atom. The molecular weight excluding hydrogens is 469 g/mol. The number of aromatic nitrogens is 1. The highest BCUT2D eigenvalue weighted by molar-refractivity contribution is 7.99. The summed E-state index contributed by atoms with van der Waals surface area (Å²) in [5.41, 5.74) is 0.773. The zero-order valence-electron chi connectivity index (χ0n) is 16.2. The Balaban J connectivity index is 1.55. The molecule has 1 aliphatic rings. The van der Waals surface area contributed by atoms with Gasteiger partial charge in [0.15, 0.2) is 0 Å². The van der Waals surface area contributed by atoms with E-state index in [2.05, 4.69) is 10.3 Å². The van der Waals surface area contributed by atoms with E-state index in [9.17, 15) is 13.2 Å². The van der Waals surface area contributed by atoms with E-state index in [1.165, 1.54) is 28.3 Å². The van der Waals surface area contributed by atoms with E-state index in [1.807, 2.05) is 6.92 Å². The number of pyridine rings is 1. The molecule has 1 amide bonds. The maximum atomic E-state index is 12.6. The lowest BCUT2D eigenvalue weighted by Gasteiger charge is -2.25. The largest absolute Gasteiger partial charge is 0.379 e. The number of nitrogens with one attached hydrogen (secondary N) is 1. The Kier molecular flexibility index (Phi) is 8.00. The number of thioether (sulfide) groups is 1. The molecule has 1 saturated heterocycles. The zero-order chi connectivity index (χ0) is 21.7. The van der Waals surface area contributed by atoms with Crippen molar-refractivity contribution < 1.29 is 17.9 Å². The third kappa shape index (κ3) is 5.87. The van der Waals surface area contributed by atoms with Crippen LogP contribution in [-0.4, -0.2) is 55.7 Å². The van der Waals surface area contributed by atoms with E-state index in [1.54, 1.807) is 24.3 Å². The summed E-state index contributed by atoms with van der Waals surface area (Å²) in [6, 6.07) is 7.96. The van der Waals surface area contributed by atoms with Gasteiger partial charge in [0.2, 0.25) is 15.9 Å². The fraction of sp³-hybridized carbons (Fsp3) is 0.368. The van der Waals surface area contributed by atoms with Crippen molar-refractivity contribution in [2.75, 3.05) is 32.1 Å². The van der Waals surface area contributed by atoms with E-state index >= 15 is 0 Å². The number of carbonyl (C=O) groups is 1. The van der Waals surface area contributed by atoms with Gasteiger partial charge in [-0.3, -0.25) is 4.79 Å². The molecule has 1 aromatic carbocycles. The summed E-state index contributed by atoms with van der Waals surface area (Å²) in [4.78, 5) is 16.6.